The molecule has 0 saturated carbocycles. The molecule has 0 amide bonds. The Morgan fingerprint density at radius 2 is 0.682 bits per heavy atom. The highest BCUT2D eigenvalue weighted by Crippen LogP contribution is 2.54. The summed E-state index contributed by atoms with van der Waals surface area (Å²) in [6.07, 6.45) is 0. The van der Waals surface area contributed by atoms with Gasteiger partial charge in [-0.2, -0.15) is 9.97 Å². The van der Waals surface area contributed by atoms with E-state index in [4.69, 9.17) is 9.97 Å². The Kier molecular flexibility index (Phi) is 9.93. The predicted molar refractivity (Wildman–Crippen MR) is 365 cm³/mol. The van der Waals surface area contributed by atoms with Gasteiger partial charge in [0.1, 0.15) is 11.6 Å². The highest BCUT2D eigenvalue weighted by Gasteiger charge is 2.39. The summed E-state index contributed by atoms with van der Waals surface area (Å²) >= 11 is 0. The van der Waals surface area contributed by atoms with Gasteiger partial charge in [-0.25, -0.2) is 0 Å². The smallest absolute Gasteiger partial charge is 0.238 e. The number of benzene rings is 12. The number of para-hydroxylation sites is 5. The number of rotatable bonds is 6. The van der Waals surface area contributed by atoms with E-state index in [1.807, 2.05) is 0 Å². The van der Waals surface area contributed by atoms with Crippen molar-refractivity contribution in [1.29, 1.82) is 0 Å². The van der Waals surface area contributed by atoms with Crippen LogP contribution in [0.2, 0.25) is 0 Å². The Labute approximate surface area is 508 Å². The van der Waals surface area contributed by atoms with Crippen molar-refractivity contribution in [3.63, 3.8) is 0 Å². The van der Waals surface area contributed by atoms with Crippen LogP contribution in [0, 0.1) is 0 Å². The lowest BCUT2D eigenvalue weighted by Gasteiger charge is -2.22. The third kappa shape index (κ3) is 6.66. The first kappa shape index (κ1) is 49.2. The van der Waals surface area contributed by atoms with Crippen molar-refractivity contribution in [1.82, 2.24) is 28.2 Å². The molecule has 0 N–H and O–H groups in total. The van der Waals surface area contributed by atoms with Gasteiger partial charge in [-0.3, -0.25) is 13.7 Å². The standard InChI is InChI=1S/C82H56N6/c1-81(2)65-28-14-8-22-54(65)56-38-34-50(45-67(56)81)52-36-40-61-58-25-11-18-32-70(58)88(75(61)47-52)80-83-76(86-71-33-19-13-27-63(71)78-73(86)43-41-62-55-23-9-15-29-66(55)82(3,4)79(62)78)48-77(84-80)87-69-31-17-10-24-57(69)60-39-35-51(46-74(60)87)49-37-42-72-64(44-49)59-26-12-16-30-68(59)85(72)53-20-6-5-7-21-53/h5-48H,1-4H3. The molecule has 0 atom stereocenters. The van der Waals surface area contributed by atoms with Crippen LogP contribution in [0.4, 0.5) is 0 Å². The molecule has 5 aromatic heterocycles. The average molecular weight is 1130 g/mol. The van der Waals surface area contributed by atoms with Gasteiger partial charge in [0.2, 0.25) is 5.95 Å². The molecule has 0 unspecified atom stereocenters. The van der Waals surface area contributed by atoms with Crippen LogP contribution in [-0.4, -0.2) is 28.2 Å². The molecule has 19 rings (SSSR count). The summed E-state index contributed by atoms with van der Waals surface area (Å²) in [5, 5.41) is 9.48. The van der Waals surface area contributed by atoms with Crippen LogP contribution in [0.15, 0.2) is 267 Å². The van der Waals surface area contributed by atoms with Crippen molar-refractivity contribution in [2.45, 2.75) is 38.5 Å². The molecule has 12 aromatic carbocycles. The zero-order valence-electron chi connectivity index (χ0n) is 49.1. The summed E-state index contributed by atoms with van der Waals surface area (Å²) in [7, 11) is 0. The first-order valence-corrected chi connectivity index (χ1v) is 30.6. The summed E-state index contributed by atoms with van der Waals surface area (Å²) in [6, 6.07) is 98.7. The molecule has 0 fully saturated rings. The highest BCUT2D eigenvalue weighted by atomic mass is 15.2. The fourth-order valence-corrected chi connectivity index (χ4v) is 16.0. The van der Waals surface area contributed by atoms with Crippen LogP contribution in [0.1, 0.15) is 49.9 Å². The molecule has 0 radical (unpaired) electrons. The van der Waals surface area contributed by atoms with Crippen LogP contribution in [0.25, 0.3) is 155 Å². The van der Waals surface area contributed by atoms with Crippen LogP contribution in [0.5, 0.6) is 0 Å². The molecule has 2 aliphatic carbocycles. The van der Waals surface area contributed by atoms with E-state index in [9.17, 15) is 0 Å². The Morgan fingerprint density at radius 3 is 1.35 bits per heavy atom. The molecule has 0 bridgehead atoms. The second-order valence-electron chi connectivity index (χ2n) is 25.3. The van der Waals surface area contributed by atoms with E-state index in [0.717, 1.165) is 88.7 Å². The zero-order valence-corrected chi connectivity index (χ0v) is 49.1. The summed E-state index contributed by atoms with van der Waals surface area (Å²) < 4.78 is 9.50. The quantitative estimate of drug-likeness (QED) is 0.167. The van der Waals surface area contributed by atoms with Gasteiger partial charge in [-0.05, 0) is 140 Å². The van der Waals surface area contributed by atoms with Gasteiger partial charge < -0.3 is 4.57 Å². The summed E-state index contributed by atoms with van der Waals surface area (Å²) in [4.78, 5) is 11.8. The Balaban J connectivity index is 0.876. The number of fused-ring (bicyclic) bond motifs is 19. The van der Waals surface area contributed by atoms with Gasteiger partial charge in [0, 0.05) is 65.7 Å². The van der Waals surface area contributed by atoms with Gasteiger partial charge in [-0.1, -0.05) is 216 Å². The molecule has 5 heterocycles. The topological polar surface area (TPSA) is 45.5 Å². The van der Waals surface area contributed by atoms with Crippen molar-refractivity contribution in [3.8, 4) is 67.8 Å². The van der Waals surface area contributed by atoms with E-state index in [0.29, 0.717) is 5.95 Å². The van der Waals surface area contributed by atoms with Gasteiger partial charge in [0.05, 0.1) is 44.1 Å². The molecule has 0 aliphatic heterocycles. The van der Waals surface area contributed by atoms with Crippen molar-refractivity contribution < 1.29 is 0 Å². The minimum atomic E-state index is -0.244. The summed E-state index contributed by atoms with van der Waals surface area (Å²) in [6.45, 7) is 9.50. The summed E-state index contributed by atoms with van der Waals surface area (Å²) in [5.74, 6) is 2.14. The van der Waals surface area contributed by atoms with Crippen LogP contribution >= 0.6 is 0 Å². The van der Waals surface area contributed by atoms with E-state index in [1.54, 1.807) is 0 Å². The first-order valence-electron chi connectivity index (χ1n) is 30.6. The molecule has 6 nitrogen and oxygen atoms in total. The monoisotopic (exact) mass is 1120 g/mol. The van der Waals surface area contributed by atoms with Crippen LogP contribution < -0.4 is 0 Å². The number of hydrogen-bond donors (Lipinski definition) is 0. The number of nitrogens with zero attached hydrogens (tertiary/aromatic N) is 6. The van der Waals surface area contributed by atoms with Crippen molar-refractivity contribution in [2.24, 2.45) is 0 Å². The normalized spacial score (nSPS) is 13.9. The van der Waals surface area contributed by atoms with Gasteiger partial charge in [0.15, 0.2) is 0 Å². The molecule has 414 valence electrons. The van der Waals surface area contributed by atoms with Gasteiger partial charge in [0.25, 0.3) is 0 Å². The fourth-order valence-electron chi connectivity index (χ4n) is 16.0. The maximum Gasteiger partial charge on any atom is 0.238 e. The molecule has 6 heteroatoms. The predicted octanol–water partition coefficient (Wildman–Crippen LogP) is 20.8. The Hall–Kier alpha value is -11.1. The SMILES string of the molecule is CC1(C)c2ccccc2-c2ccc(-c3ccc4c5ccccc5n(-c5nc(-n6c7ccccc7c7ccc(-c8ccc9c(c8)c8ccccc8n9-c8ccccc8)cc76)cc(-n6c7ccccc7c7c8c(ccc76)-c6ccccc6C8(C)C)n5)c4c3)cc21. The molecule has 0 saturated heterocycles. The molecule has 0 spiro atoms. The molecule has 17 aromatic rings. The Morgan fingerprint density at radius 1 is 0.261 bits per heavy atom. The maximum atomic E-state index is 5.90. The lowest BCUT2D eigenvalue weighted by atomic mass is 9.80. The number of aromatic nitrogens is 6. The fraction of sp³-hybridized carbons (Fsp3) is 0.0732. The second-order valence-corrected chi connectivity index (χ2v) is 25.3. The van der Waals surface area contributed by atoms with E-state index < -0.39 is 0 Å². The minimum absolute atomic E-state index is 0.135. The maximum absolute atomic E-state index is 5.90. The van der Waals surface area contributed by atoms with Crippen molar-refractivity contribution in [2.75, 3.05) is 0 Å². The second kappa shape index (κ2) is 17.8. The van der Waals surface area contributed by atoms with E-state index in [1.165, 1.54) is 82.6 Å². The van der Waals surface area contributed by atoms with E-state index in [-0.39, 0.29) is 10.8 Å². The minimum Gasteiger partial charge on any atom is -0.309 e. The first-order chi connectivity index (χ1) is 43.2. The lowest BCUT2D eigenvalue weighted by molar-refractivity contribution is 0.660. The third-order valence-corrected chi connectivity index (χ3v) is 20.0. The molecule has 2 aliphatic rings. The van der Waals surface area contributed by atoms with Crippen molar-refractivity contribution >= 4 is 87.2 Å². The van der Waals surface area contributed by atoms with Crippen LogP contribution in [-0.2, 0) is 10.8 Å². The van der Waals surface area contributed by atoms with E-state index in [2.05, 4.69) is 313 Å². The number of hydrogen-bond acceptors (Lipinski definition) is 2. The third-order valence-electron chi connectivity index (χ3n) is 20.0. The van der Waals surface area contributed by atoms with E-state index >= 15 is 0 Å². The lowest BCUT2D eigenvalue weighted by Crippen LogP contribution is -2.15. The van der Waals surface area contributed by atoms with Crippen LogP contribution in [0.3, 0.4) is 0 Å². The molecular formula is C82H56N6. The molecular weight excluding hydrogens is 1070 g/mol. The largest absolute Gasteiger partial charge is 0.309 e. The van der Waals surface area contributed by atoms with Gasteiger partial charge >= 0.3 is 0 Å². The summed E-state index contributed by atoms with van der Waals surface area (Å²) in [5.41, 5.74) is 24.8. The molecule has 88 heavy (non-hydrogen) atoms. The Bertz CT molecular complexity index is 5880. The zero-order chi connectivity index (χ0) is 58.3. The van der Waals surface area contributed by atoms with Crippen molar-refractivity contribution in [3.05, 3.63) is 289 Å². The highest BCUT2D eigenvalue weighted by molar-refractivity contribution is 6.16. The average Bonchev–Trinajstić information content (AvgIpc) is 1.57. The van der Waals surface area contributed by atoms with Gasteiger partial charge in [-0.15, -0.1) is 0 Å².